The van der Waals surface area contributed by atoms with E-state index in [1.165, 1.54) is 5.56 Å². The zero-order chi connectivity index (χ0) is 14.0. The molecule has 1 aromatic rings. The van der Waals surface area contributed by atoms with E-state index in [4.69, 9.17) is 0 Å². The van der Waals surface area contributed by atoms with E-state index in [9.17, 15) is 4.79 Å². The number of urea groups is 1. The lowest BCUT2D eigenvalue weighted by molar-refractivity contribution is 0.250. The third-order valence-electron chi connectivity index (χ3n) is 3.43. The van der Waals surface area contributed by atoms with E-state index < -0.39 is 0 Å². The van der Waals surface area contributed by atoms with Gasteiger partial charge in [-0.15, -0.1) is 0 Å². The first-order chi connectivity index (χ1) is 8.93. The van der Waals surface area contributed by atoms with E-state index in [1.807, 2.05) is 30.1 Å². The van der Waals surface area contributed by atoms with Crippen LogP contribution in [-0.2, 0) is 5.41 Å². The van der Waals surface area contributed by atoms with E-state index in [1.54, 1.807) is 0 Å². The van der Waals surface area contributed by atoms with Crippen molar-refractivity contribution >= 4 is 11.7 Å². The number of nitrogens with zero attached hydrogens (tertiary/aromatic N) is 1. The van der Waals surface area contributed by atoms with Crippen LogP contribution in [0.15, 0.2) is 24.3 Å². The fourth-order valence-corrected chi connectivity index (χ4v) is 2.51. The Bertz CT molecular complexity index is 465. The number of likely N-dealkylation sites (N-methyl/N-ethyl adjacent to an activating group) is 1. The highest BCUT2D eigenvalue weighted by Gasteiger charge is 2.32. The first-order valence-corrected chi connectivity index (χ1v) is 6.75. The molecule has 1 fully saturated rings. The van der Waals surface area contributed by atoms with Crippen LogP contribution in [0.2, 0.25) is 0 Å². The SMILES string of the molecule is CNCC1CN(c2ccccc2C(C)(C)C)C(=O)N1. The monoisotopic (exact) mass is 261 g/mol. The van der Waals surface area contributed by atoms with Gasteiger partial charge in [-0.1, -0.05) is 39.0 Å². The summed E-state index contributed by atoms with van der Waals surface area (Å²) in [6.07, 6.45) is 0. The maximum Gasteiger partial charge on any atom is 0.322 e. The number of benzene rings is 1. The van der Waals surface area contributed by atoms with Gasteiger partial charge in [-0.05, 0) is 24.1 Å². The molecular formula is C15H23N3O. The van der Waals surface area contributed by atoms with Gasteiger partial charge in [-0.2, -0.15) is 0 Å². The van der Waals surface area contributed by atoms with Gasteiger partial charge in [-0.25, -0.2) is 4.79 Å². The summed E-state index contributed by atoms with van der Waals surface area (Å²) >= 11 is 0. The maximum absolute atomic E-state index is 12.1. The summed E-state index contributed by atoms with van der Waals surface area (Å²) in [5.41, 5.74) is 2.25. The highest BCUT2D eigenvalue weighted by atomic mass is 16.2. The van der Waals surface area contributed by atoms with Crippen LogP contribution in [0.5, 0.6) is 0 Å². The lowest BCUT2D eigenvalue weighted by Gasteiger charge is -2.26. The highest BCUT2D eigenvalue weighted by Crippen LogP contribution is 2.32. The van der Waals surface area contributed by atoms with Crippen LogP contribution < -0.4 is 15.5 Å². The fraction of sp³-hybridized carbons (Fsp3) is 0.533. The second-order valence-electron chi connectivity index (χ2n) is 6.08. The molecule has 0 spiro atoms. The second-order valence-corrected chi connectivity index (χ2v) is 6.08. The van der Waals surface area contributed by atoms with Crippen LogP contribution in [0.25, 0.3) is 0 Å². The van der Waals surface area contributed by atoms with Crippen LogP contribution in [0.1, 0.15) is 26.3 Å². The number of nitrogens with one attached hydrogen (secondary N) is 2. The number of para-hydroxylation sites is 1. The van der Waals surface area contributed by atoms with Gasteiger partial charge in [0.15, 0.2) is 0 Å². The summed E-state index contributed by atoms with van der Waals surface area (Å²) in [6.45, 7) is 8.02. The summed E-state index contributed by atoms with van der Waals surface area (Å²) in [5, 5.41) is 6.11. The van der Waals surface area contributed by atoms with Gasteiger partial charge in [0.05, 0.1) is 6.04 Å². The second kappa shape index (κ2) is 5.21. The van der Waals surface area contributed by atoms with Crippen molar-refractivity contribution in [1.82, 2.24) is 10.6 Å². The van der Waals surface area contributed by atoms with Crippen molar-refractivity contribution < 1.29 is 4.79 Å². The molecular weight excluding hydrogens is 238 g/mol. The summed E-state index contributed by atoms with van der Waals surface area (Å²) in [7, 11) is 1.90. The van der Waals surface area contributed by atoms with Crippen LogP contribution in [0.3, 0.4) is 0 Å². The minimum Gasteiger partial charge on any atom is -0.332 e. The Morgan fingerprint density at radius 1 is 1.37 bits per heavy atom. The smallest absolute Gasteiger partial charge is 0.322 e. The molecule has 2 N–H and O–H groups in total. The number of rotatable bonds is 3. The number of carbonyl (C=O) groups excluding carboxylic acids is 1. The van der Waals surface area contributed by atoms with Crippen LogP contribution in [-0.4, -0.2) is 32.2 Å². The number of carbonyl (C=O) groups is 1. The summed E-state index contributed by atoms with van der Waals surface area (Å²) in [4.78, 5) is 14.0. The van der Waals surface area contributed by atoms with Gasteiger partial charge < -0.3 is 10.6 Å². The third kappa shape index (κ3) is 2.89. The molecule has 1 aromatic carbocycles. The molecule has 0 saturated carbocycles. The molecule has 0 aliphatic carbocycles. The Morgan fingerprint density at radius 2 is 2.05 bits per heavy atom. The Morgan fingerprint density at radius 3 is 2.68 bits per heavy atom. The molecule has 1 heterocycles. The first-order valence-electron chi connectivity index (χ1n) is 6.75. The molecule has 4 nitrogen and oxygen atoms in total. The van der Waals surface area contributed by atoms with Gasteiger partial charge in [0.2, 0.25) is 0 Å². The molecule has 1 saturated heterocycles. The number of anilines is 1. The van der Waals surface area contributed by atoms with E-state index in [0.29, 0.717) is 6.54 Å². The molecule has 2 amide bonds. The van der Waals surface area contributed by atoms with Crippen molar-refractivity contribution in [3.63, 3.8) is 0 Å². The average Bonchev–Trinajstić information content (AvgIpc) is 2.70. The summed E-state index contributed by atoms with van der Waals surface area (Å²) < 4.78 is 0. The van der Waals surface area contributed by atoms with Crippen molar-refractivity contribution in [2.75, 3.05) is 25.0 Å². The van der Waals surface area contributed by atoms with Gasteiger partial charge >= 0.3 is 6.03 Å². The van der Waals surface area contributed by atoms with E-state index in [-0.39, 0.29) is 17.5 Å². The number of hydrogen-bond acceptors (Lipinski definition) is 2. The molecule has 0 radical (unpaired) electrons. The summed E-state index contributed by atoms with van der Waals surface area (Å²) in [6, 6.07) is 8.32. The van der Waals surface area contributed by atoms with Crippen LogP contribution >= 0.6 is 0 Å². The van der Waals surface area contributed by atoms with Gasteiger partial charge in [0.1, 0.15) is 0 Å². The van der Waals surface area contributed by atoms with Gasteiger partial charge in [0.25, 0.3) is 0 Å². The predicted octanol–water partition coefficient (Wildman–Crippen LogP) is 2.10. The van der Waals surface area contributed by atoms with E-state index in [0.717, 1.165) is 12.2 Å². The van der Waals surface area contributed by atoms with E-state index in [2.05, 4.69) is 37.5 Å². The molecule has 0 bridgehead atoms. The number of amides is 2. The normalized spacial score (nSPS) is 19.7. The Hall–Kier alpha value is -1.55. The predicted molar refractivity (Wildman–Crippen MR) is 78.7 cm³/mol. The zero-order valence-corrected chi connectivity index (χ0v) is 12.2. The summed E-state index contributed by atoms with van der Waals surface area (Å²) in [5.74, 6) is 0. The third-order valence-corrected chi connectivity index (χ3v) is 3.43. The Kier molecular flexibility index (Phi) is 3.80. The molecule has 2 rings (SSSR count). The van der Waals surface area contributed by atoms with Crippen molar-refractivity contribution in [2.24, 2.45) is 0 Å². The van der Waals surface area contributed by atoms with Gasteiger partial charge in [-0.3, -0.25) is 4.90 Å². The lowest BCUT2D eigenvalue weighted by Crippen LogP contribution is -2.35. The van der Waals surface area contributed by atoms with Gasteiger partial charge in [0, 0.05) is 18.8 Å². The number of hydrogen-bond donors (Lipinski definition) is 2. The lowest BCUT2D eigenvalue weighted by atomic mass is 9.85. The average molecular weight is 261 g/mol. The first kappa shape index (κ1) is 13.9. The minimum atomic E-state index is -0.00282. The molecule has 1 aliphatic rings. The van der Waals surface area contributed by atoms with Crippen LogP contribution in [0, 0.1) is 0 Å². The highest BCUT2D eigenvalue weighted by molar-refractivity contribution is 5.95. The van der Waals surface area contributed by atoms with Crippen LogP contribution in [0.4, 0.5) is 10.5 Å². The zero-order valence-electron chi connectivity index (χ0n) is 12.2. The van der Waals surface area contributed by atoms with Crippen molar-refractivity contribution in [3.8, 4) is 0 Å². The molecule has 1 aliphatic heterocycles. The molecule has 1 atom stereocenters. The van der Waals surface area contributed by atoms with Crippen molar-refractivity contribution in [3.05, 3.63) is 29.8 Å². The minimum absolute atomic E-state index is 0.00282. The quantitative estimate of drug-likeness (QED) is 0.875. The van der Waals surface area contributed by atoms with Crippen molar-refractivity contribution in [2.45, 2.75) is 32.2 Å². The largest absolute Gasteiger partial charge is 0.332 e. The standard InChI is InChI=1S/C15H23N3O/c1-15(2,3)12-7-5-6-8-13(12)18-10-11(9-16-4)17-14(18)19/h5-8,11,16H,9-10H2,1-4H3,(H,17,19). The maximum atomic E-state index is 12.1. The molecule has 1 unspecified atom stereocenters. The fourth-order valence-electron chi connectivity index (χ4n) is 2.51. The molecule has 4 heteroatoms. The molecule has 0 aromatic heterocycles. The molecule has 19 heavy (non-hydrogen) atoms. The topological polar surface area (TPSA) is 44.4 Å². The molecule has 104 valence electrons. The van der Waals surface area contributed by atoms with E-state index >= 15 is 0 Å². The van der Waals surface area contributed by atoms with Crippen molar-refractivity contribution in [1.29, 1.82) is 0 Å². The Balaban J connectivity index is 2.30. The Labute approximate surface area is 115 Å².